The molecule has 2 rings (SSSR count). The molecule has 11 heteroatoms. The first kappa shape index (κ1) is 19.5. The van der Waals surface area contributed by atoms with E-state index in [2.05, 4.69) is 4.72 Å². The fourth-order valence-electron chi connectivity index (χ4n) is 1.76. The van der Waals surface area contributed by atoms with E-state index in [1.54, 1.807) is 0 Å². The zero-order valence-electron chi connectivity index (χ0n) is 11.8. The fourth-order valence-corrected chi connectivity index (χ4v) is 4.30. The molecule has 0 amide bonds. The molecule has 0 saturated heterocycles. The largest absolute Gasteiger partial charge is 0.242 e. The van der Waals surface area contributed by atoms with Gasteiger partial charge in [0.2, 0.25) is 20.0 Å². The first-order valence-electron chi connectivity index (χ1n) is 6.26. The molecule has 6 nitrogen and oxygen atoms in total. The molecule has 0 aliphatic heterocycles. The van der Waals surface area contributed by atoms with Crippen LogP contribution < -0.4 is 9.86 Å². The molecule has 2 aromatic rings. The van der Waals surface area contributed by atoms with Crippen molar-refractivity contribution in [1.82, 2.24) is 4.72 Å². The minimum atomic E-state index is -3.93. The molecular formula is C13H11Cl3N2O4S2. The number of nitrogens with two attached hydrogens (primary N) is 1. The van der Waals surface area contributed by atoms with Crippen molar-refractivity contribution in [2.24, 2.45) is 5.14 Å². The van der Waals surface area contributed by atoms with Crippen LogP contribution in [-0.4, -0.2) is 16.8 Å². The van der Waals surface area contributed by atoms with Crippen LogP contribution in [-0.2, 0) is 26.6 Å². The van der Waals surface area contributed by atoms with Gasteiger partial charge in [0, 0.05) is 6.54 Å². The van der Waals surface area contributed by atoms with Gasteiger partial charge in [-0.3, -0.25) is 0 Å². The number of hydrogen-bond acceptors (Lipinski definition) is 4. The van der Waals surface area contributed by atoms with E-state index in [4.69, 9.17) is 39.9 Å². The Kier molecular flexibility index (Phi) is 5.81. The van der Waals surface area contributed by atoms with Crippen LogP contribution in [0.3, 0.4) is 0 Å². The summed E-state index contributed by atoms with van der Waals surface area (Å²) in [6.45, 7) is -0.0796. The van der Waals surface area contributed by atoms with Gasteiger partial charge in [0.05, 0.1) is 20.0 Å². The summed E-state index contributed by atoms with van der Waals surface area (Å²) in [5.74, 6) is 0. The highest BCUT2D eigenvalue weighted by atomic mass is 35.5. The van der Waals surface area contributed by atoms with Gasteiger partial charge in [-0.25, -0.2) is 26.7 Å². The van der Waals surface area contributed by atoms with Gasteiger partial charge in [0.25, 0.3) is 0 Å². The monoisotopic (exact) mass is 428 g/mol. The van der Waals surface area contributed by atoms with Crippen LogP contribution in [0.15, 0.2) is 46.2 Å². The first-order chi connectivity index (χ1) is 11.0. The number of nitrogens with one attached hydrogen (secondary N) is 1. The van der Waals surface area contributed by atoms with Gasteiger partial charge >= 0.3 is 0 Å². The van der Waals surface area contributed by atoms with E-state index in [1.165, 1.54) is 30.3 Å². The summed E-state index contributed by atoms with van der Waals surface area (Å²) >= 11 is 17.5. The number of benzene rings is 2. The lowest BCUT2D eigenvalue weighted by molar-refractivity contribution is 0.581. The van der Waals surface area contributed by atoms with E-state index in [0.29, 0.717) is 5.56 Å². The highest BCUT2D eigenvalue weighted by Gasteiger charge is 2.19. The average Bonchev–Trinajstić information content (AvgIpc) is 2.48. The van der Waals surface area contributed by atoms with E-state index >= 15 is 0 Å². The van der Waals surface area contributed by atoms with Gasteiger partial charge in [-0.2, -0.15) is 0 Å². The third-order valence-electron chi connectivity index (χ3n) is 2.98. The molecule has 0 heterocycles. The molecule has 24 heavy (non-hydrogen) atoms. The van der Waals surface area contributed by atoms with E-state index < -0.39 is 20.0 Å². The van der Waals surface area contributed by atoms with Gasteiger partial charge < -0.3 is 0 Å². The molecule has 0 fully saturated rings. The number of halogens is 3. The number of primary sulfonamides is 1. The van der Waals surface area contributed by atoms with E-state index in [0.717, 1.165) is 6.07 Å². The number of rotatable bonds is 5. The average molecular weight is 430 g/mol. The van der Waals surface area contributed by atoms with Crippen LogP contribution in [0.4, 0.5) is 0 Å². The highest BCUT2D eigenvalue weighted by Crippen LogP contribution is 2.31. The fraction of sp³-hybridized carbons (Fsp3) is 0.0769. The quantitative estimate of drug-likeness (QED) is 0.713. The topological polar surface area (TPSA) is 106 Å². The molecule has 2 aromatic carbocycles. The van der Waals surface area contributed by atoms with Crippen LogP contribution in [0.2, 0.25) is 15.1 Å². The summed E-state index contributed by atoms with van der Waals surface area (Å²) in [4.78, 5) is -0.277. The summed E-state index contributed by atoms with van der Waals surface area (Å²) in [6, 6.07) is 7.84. The zero-order valence-corrected chi connectivity index (χ0v) is 15.7. The Balaban J connectivity index is 2.21. The zero-order chi connectivity index (χ0) is 18.1. The Bertz CT molecular complexity index is 975. The molecule has 0 aromatic heterocycles. The molecule has 0 aliphatic carbocycles. The summed E-state index contributed by atoms with van der Waals surface area (Å²) < 4.78 is 49.3. The minimum absolute atomic E-state index is 0.0546. The third-order valence-corrected chi connectivity index (χ3v) is 6.50. The van der Waals surface area contributed by atoms with E-state index in [9.17, 15) is 16.8 Å². The lowest BCUT2D eigenvalue weighted by Gasteiger charge is -2.10. The van der Waals surface area contributed by atoms with Crippen molar-refractivity contribution in [2.45, 2.75) is 16.3 Å². The van der Waals surface area contributed by atoms with Gasteiger partial charge in [-0.15, -0.1) is 0 Å². The van der Waals surface area contributed by atoms with Gasteiger partial charge in [0.1, 0.15) is 4.90 Å². The predicted octanol–water partition coefficient (Wildman–Crippen LogP) is 2.77. The summed E-state index contributed by atoms with van der Waals surface area (Å²) in [6.07, 6.45) is 0. The standard InChI is InChI=1S/C13H11Cl3N2O4S2/c14-10-5-12(16)13(6-11(10)15)24(21,22)18-7-8-1-3-9(4-2-8)23(17,19)20/h1-6,18H,7H2,(H2,17,19,20). The van der Waals surface area contributed by atoms with Crippen molar-refractivity contribution in [1.29, 1.82) is 0 Å². The second-order valence-corrected chi connectivity index (χ2v) is 9.23. The van der Waals surface area contributed by atoms with Crippen LogP contribution in [0.5, 0.6) is 0 Å². The van der Waals surface area contributed by atoms with Gasteiger partial charge in [-0.1, -0.05) is 46.9 Å². The maximum absolute atomic E-state index is 12.3. The van der Waals surface area contributed by atoms with E-state index in [-0.39, 0.29) is 31.4 Å². The molecular weight excluding hydrogens is 419 g/mol. The Labute approximate surface area is 154 Å². The molecule has 0 unspecified atom stereocenters. The lowest BCUT2D eigenvalue weighted by atomic mass is 10.2. The normalized spacial score (nSPS) is 12.3. The molecule has 130 valence electrons. The van der Waals surface area contributed by atoms with E-state index in [1.807, 2.05) is 0 Å². The molecule has 0 aliphatic rings. The first-order valence-corrected chi connectivity index (χ1v) is 10.4. The van der Waals surface area contributed by atoms with Crippen LogP contribution >= 0.6 is 34.8 Å². The minimum Gasteiger partial charge on any atom is -0.225 e. The maximum Gasteiger partial charge on any atom is 0.242 e. The summed E-state index contributed by atoms with van der Waals surface area (Å²) in [5.41, 5.74) is 0.530. The summed E-state index contributed by atoms with van der Waals surface area (Å²) in [7, 11) is -7.74. The van der Waals surface area contributed by atoms with Crippen molar-refractivity contribution in [3.05, 3.63) is 57.0 Å². The predicted molar refractivity (Wildman–Crippen MR) is 93.3 cm³/mol. The van der Waals surface area contributed by atoms with Crippen molar-refractivity contribution >= 4 is 54.8 Å². The van der Waals surface area contributed by atoms with Crippen molar-refractivity contribution in [3.63, 3.8) is 0 Å². The maximum atomic E-state index is 12.3. The third kappa shape index (κ3) is 4.60. The Morgan fingerprint density at radius 2 is 1.42 bits per heavy atom. The lowest BCUT2D eigenvalue weighted by Crippen LogP contribution is -2.23. The molecule has 0 saturated carbocycles. The van der Waals surface area contributed by atoms with Crippen LogP contribution in [0.1, 0.15) is 5.56 Å². The van der Waals surface area contributed by atoms with Crippen LogP contribution in [0, 0.1) is 0 Å². The molecule has 0 radical (unpaired) electrons. The second-order valence-electron chi connectivity index (χ2n) is 4.71. The summed E-state index contributed by atoms with van der Waals surface area (Å²) in [5, 5.41) is 5.12. The Hall–Kier alpha value is -0.870. The van der Waals surface area contributed by atoms with Crippen molar-refractivity contribution in [3.8, 4) is 0 Å². The van der Waals surface area contributed by atoms with Gasteiger partial charge in [-0.05, 0) is 29.8 Å². The van der Waals surface area contributed by atoms with Gasteiger partial charge in [0.15, 0.2) is 0 Å². The van der Waals surface area contributed by atoms with Crippen molar-refractivity contribution < 1.29 is 16.8 Å². The Morgan fingerprint density at radius 3 is 1.96 bits per heavy atom. The van der Waals surface area contributed by atoms with Crippen molar-refractivity contribution in [2.75, 3.05) is 0 Å². The molecule has 0 spiro atoms. The molecule has 0 atom stereocenters. The van der Waals surface area contributed by atoms with Crippen LogP contribution in [0.25, 0.3) is 0 Å². The number of hydrogen-bond donors (Lipinski definition) is 2. The SMILES string of the molecule is NS(=O)(=O)c1ccc(CNS(=O)(=O)c2cc(Cl)c(Cl)cc2Cl)cc1. The molecule has 0 bridgehead atoms. The smallest absolute Gasteiger partial charge is 0.225 e. The highest BCUT2D eigenvalue weighted by molar-refractivity contribution is 7.89. The Morgan fingerprint density at radius 1 is 0.875 bits per heavy atom. The molecule has 3 N–H and O–H groups in total. The number of sulfonamides is 2. The second kappa shape index (κ2) is 7.17.